The Kier molecular flexibility index (Phi) is 4.75. The Morgan fingerprint density at radius 2 is 2.07 bits per heavy atom. The number of hydrogen-bond donors (Lipinski definition) is 2. The zero-order valence-electron chi connectivity index (χ0n) is 15.7. The number of nitrogens with one attached hydrogen (secondary N) is 2. The Balaban J connectivity index is 1.38. The number of methoxy groups -OCH3 is 1. The number of benzene rings is 2. The molecule has 0 radical (unpaired) electrons. The van der Waals surface area contributed by atoms with Crippen LogP contribution in [0.5, 0.6) is 11.5 Å². The van der Waals surface area contributed by atoms with Crippen molar-refractivity contribution < 1.29 is 14.3 Å². The van der Waals surface area contributed by atoms with Crippen molar-refractivity contribution in [3.05, 3.63) is 59.3 Å². The summed E-state index contributed by atoms with van der Waals surface area (Å²) < 4.78 is 11.1. The number of H-pyrrole nitrogens is 1. The minimum atomic E-state index is -0.0852. The summed E-state index contributed by atoms with van der Waals surface area (Å²) in [6.45, 7) is 2.11. The van der Waals surface area contributed by atoms with Crippen molar-refractivity contribution in [1.29, 1.82) is 0 Å². The van der Waals surface area contributed by atoms with E-state index in [2.05, 4.69) is 23.3 Å². The molecule has 1 atom stereocenters. The van der Waals surface area contributed by atoms with Gasteiger partial charge in [-0.05, 0) is 48.2 Å². The van der Waals surface area contributed by atoms with E-state index in [4.69, 9.17) is 9.47 Å². The van der Waals surface area contributed by atoms with Gasteiger partial charge in [0, 0.05) is 29.1 Å². The van der Waals surface area contributed by atoms with Gasteiger partial charge in [0.15, 0.2) is 6.61 Å². The molecular weight excluding hydrogens is 340 g/mol. The average Bonchev–Trinajstić information content (AvgIpc) is 3.23. The summed E-state index contributed by atoms with van der Waals surface area (Å²) >= 11 is 0. The number of hydrogen-bond acceptors (Lipinski definition) is 3. The number of carbonyl (C=O) groups is 1. The van der Waals surface area contributed by atoms with Gasteiger partial charge >= 0.3 is 0 Å². The molecule has 1 aromatic heterocycles. The van der Waals surface area contributed by atoms with Crippen molar-refractivity contribution in [2.45, 2.75) is 32.2 Å². The second-order valence-electron chi connectivity index (χ2n) is 6.92. The molecule has 140 valence electrons. The van der Waals surface area contributed by atoms with Crippen LogP contribution in [-0.2, 0) is 24.1 Å². The number of rotatable bonds is 6. The van der Waals surface area contributed by atoms with E-state index in [1.165, 1.54) is 16.6 Å². The minimum Gasteiger partial charge on any atom is -0.497 e. The van der Waals surface area contributed by atoms with Crippen molar-refractivity contribution in [3.8, 4) is 11.5 Å². The molecule has 0 aliphatic heterocycles. The summed E-state index contributed by atoms with van der Waals surface area (Å²) in [5, 5.41) is 4.27. The van der Waals surface area contributed by atoms with Crippen molar-refractivity contribution >= 4 is 16.8 Å². The second kappa shape index (κ2) is 7.35. The molecule has 1 amide bonds. The molecule has 0 bridgehead atoms. The molecular formula is C22H24N2O3. The molecule has 3 aromatic rings. The molecule has 0 saturated carbocycles. The smallest absolute Gasteiger partial charge is 0.258 e. The molecule has 27 heavy (non-hydrogen) atoms. The number of carbonyl (C=O) groups excluding carboxylic acids is 1. The zero-order chi connectivity index (χ0) is 18.8. The molecule has 1 aliphatic rings. The van der Waals surface area contributed by atoms with E-state index < -0.39 is 0 Å². The van der Waals surface area contributed by atoms with E-state index in [0.717, 1.165) is 41.8 Å². The maximum absolute atomic E-state index is 12.3. The molecule has 1 aliphatic carbocycles. The van der Waals surface area contributed by atoms with Crippen molar-refractivity contribution in [1.82, 2.24) is 10.3 Å². The molecule has 1 heterocycles. The van der Waals surface area contributed by atoms with Gasteiger partial charge in [-0.25, -0.2) is 0 Å². The van der Waals surface area contributed by atoms with E-state index in [0.29, 0.717) is 0 Å². The lowest BCUT2D eigenvalue weighted by atomic mass is 10.1. The van der Waals surface area contributed by atoms with Crippen LogP contribution in [0.1, 0.15) is 23.7 Å². The predicted molar refractivity (Wildman–Crippen MR) is 106 cm³/mol. The molecule has 2 aromatic carbocycles. The first kappa shape index (κ1) is 17.5. The number of ether oxygens (including phenoxy) is 2. The number of amides is 1. The third kappa shape index (κ3) is 3.50. The van der Waals surface area contributed by atoms with Gasteiger partial charge in [-0.15, -0.1) is 0 Å². The lowest BCUT2D eigenvalue weighted by Gasteiger charge is -2.14. The summed E-state index contributed by atoms with van der Waals surface area (Å²) in [5.41, 5.74) is 4.69. The van der Waals surface area contributed by atoms with E-state index in [1.54, 1.807) is 7.11 Å². The van der Waals surface area contributed by atoms with Crippen LogP contribution in [0.4, 0.5) is 0 Å². The van der Waals surface area contributed by atoms with Crippen LogP contribution in [0.15, 0.2) is 42.5 Å². The number of fused-ring (bicyclic) bond motifs is 3. The lowest BCUT2D eigenvalue weighted by molar-refractivity contribution is -0.123. The van der Waals surface area contributed by atoms with Gasteiger partial charge in [0.1, 0.15) is 11.5 Å². The highest BCUT2D eigenvalue weighted by Crippen LogP contribution is 2.32. The Bertz CT molecular complexity index is 977. The third-order valence-corrected chi connectivity index (χ3v) is 5.18. The molecule has 0 saturated heterocycles. The average molecular weight is 364 g/mol. The van der Waals surface area contributed by atoms with Gasteiger partial charge in [-0.1, -0.05) is 25.1 Å². The first-order chi connectivity index (χ1) is 13.2. The molecule has 0 spiro atoms. The fourth-order valence-corrected chi connectivity index (χ4v) is 3.83. The van der Waals surface area contributed by atoms with Crippen molar-refractivity contribution in [3.63, 3.8) is 0 Å². The first-order valence-electron chi connectivity index (χ1n) is 9.35. The second-order valence-corrected chi connectivity index (χ2v) is 6.92. The van der Waals surface area contributed by atoms with Crippen molar-refractivity contribution in [2.75, 3.05) is 13.7 Å². The molecule has 1 unspecified atom stereocenters. The Morgan fingerprint density at radius 1 is 1.22 bits per heavy atom. The highest BCUT2D eigenvalue weighted by molar-refractivity contribution is 5.87. The van der Waals surface area contributed by atoms with Gasteiger partial charge in [0.05, 0.1) is 7.11 Å². The van der Waals surface area contributed by atoms with Gasteiger partial charge in [-0.2, -0.15) is 0 Å². The lowest BCUT2D eigenvalue weighted by Crippen LogP contribution is -2.38. The third-order valence-electron chi connectivity index (χ3n) is 5.18. The highest BCUT2D eigenvalue weighted by atomic mass is 16.5. The number of aromatic amines is 1. The van der Waals surface area contributed by atoms with Crippen LogP contribution >= 0.6 is 0 Å². The van der Waals surface area contributed by atoms with Gasteiger partial charge < -0.3 is 19.8 Å². The van der Waals surface area contributed by atoms with Crippen LogP contribution in [0, 0.1) is 0 Å². The Labute approximate surface area is 158 Å². The van der Waals surface area contributed by atoms with E-state index in [1.807, 2.05) is 36.4 Å². The van der Waals surface area contributed by atoms with Crippen LogP contribution in [0.2, 0.25) is 0 Å². The standard InChI is InChI=1S/C22H24N2O3/c1-3-14-6-4-5-7-21(14)27-13-22(25)23-15-10-17-18-12-16(26-2)8-9-19(18)24-20(17)11-15/h4-9,12,15,24H,3,10-11,13H2,1-2H3,(H,23,25). The summed E-state index contributed by atoms with van der Waals surface area (Å²) in [6.07, 6.45) is 2.51. The summed E-state index contributed by atoms with van der Waals surface area (Å²) in [6, 6.07) is 14.0. The number of aromatic nitrogens is 1. The number of aryl methyl sites for hydroxylation is 1. The van der Waals surface area contributed by atoms with E-state index >= 15 is 0 Å². The van der Waals surface area contributed by atoms with Crippen LogP contribution in [0.25, 0.3) is 10.9 Å². The fourth-order valence-electron chi connectivity index (χ4n) is 3.83. The topological polar surface area (TPSA) is 63.3 Å². The largest absolute Gasteiger partial charge is 0.497 e. The van der Waals surface area contributed by atoms with Gasteiger partial charge in [0.25, 0.3) is 5.91 Å². The van der Waals surface area contributed by atoms with E-state index in [9.17, 15) is 4.79 Å². The van der Waals surface area contributed by atoms with Crippen LogP contribution < -0.4 is 14.8 Å². The summed E-state index contributed by atoms with van der Waals surface area (Å²) in [7, 11) is 1.67. The van der Waals surface area contributed by atoms with Crippen molar-refractivity contribution in [2.24, 2.45) is 0 Å². The van der Waals surface area contributed by atoms with Gasteiger partial charge in [-0.3, -0.25) is 4.79 Å². The SMILES string of the molecule is CCc1ccccc1OCC(=O)NC1Cc2[nH]c3ccc(OC)cc3c2C1. The summed E-state index contributed by atoms with van der Waals surface area (Å²) in [4.78, 5) is 15.8. The molecule has 2 N–H and O–H groups in total. The molecule has 4 rings (SSSR count). The maximum atomic E-state index is 12.3. The fraction of sp³-hybridized carbons (Fsp3) is 0.318. The monoisotopic (exact) mass is 364 g/mol. The summed E-state index contributed by atoms with van der Waals surface area (Å²) in [5.74, 6) is 1.54. The molecule has 5 heteroatoms. The van der Waals surface area contributed by atoms with E-state index in [-0.39, 0.29) is 18.6 Å². The van der Waals surface area contributed by atoms with Crippen LogP contribution in [-0.4, -0.2) is 30.6 Å². The maximum Gasteiger partial charge on any atom is 0.258 e. The van der Waals surface area contributed by atoms with Crippen LogP contribution in [0.3, 0.4) is 0 Å². The highest BCUT2D eigenvalue weighted by Gasteiger charge is 2.27. The normalized spacial score (nSPS) is 15.6. The minimum absolute atomic E-state index is 0.0377. The Morgan fingerprint density at radius 3 is 2.89 bits per heavy atom. The van der Waals surface area contributed by atoms with Gasteiger partial charge in [0.2, 0.25) is 0 Å². The Hall–Kier alpha value is -2.95. The quantitative estimate of drug-likeness (QED) is 0.705. The zero-order valence-corrected chi connectivity index (χ0v) is 15.7. The predicted octanol–water partition coefficient (Wildman–Crippen LogP) is 3.40. The molecule has 5 nitrogen and oxygen atoms in total. The molecule has 0 fully saturated rings. The first-order valence-corrected chi connectivity index (χ1v) is 9.35. The number of para-hydroxylation sites is 1.